The van der Waals surface area contributed by atoms with Crippen LogP contribution < -0.4 is 4.90 Å². The smallest absolute Gasteiger partial charge is 0.336 e. The van der Waals surface area contributed by atoms with Gasteiger partial charge in [-0.3, -0.25) is 14.5 Å². The Morgan fingerprint density at radius 2 is 1.67 bits per heavy atom. The zero-order valence-electron chi connectivity index (χ0n) is 17.7. The van der Waals surface area contributed by atoms with E-state index >= 15 is 0 Å². The number of anilines is 1. The van der Waals surface area contributed by atoms with Gasteiger partial charge in [0.1, 0.15) is 0 Å². The SMILES string of the molecule is Cc1cc(Br)cc2c(C(=O)O)cc(-c3ccc(N4C(=O)C5C6C=CC(C6)C5C4=O)cc3)nc12. The summed E-state index contributed by atoms with van der Waals surface area (Å²) in [6, 6.07) is 12.3. The summed E-state index contributed by atoms with van der Waals surface area (Å²) in [5, 5.41) is 10.3. The number of rotatable bonds is 3. The number of imide groups is 1. The second-order valence-electron chi connectivity index (χ2n) is 9.04. The van der Waals surface area contributed by atoms with Crippen LogP contribution in [0.2, 0.25) is 0 Å². The van der Waals surface area contributed by atoms with Crippen molar-refractivity contribution in [3.05, 3.63) is 70.2 Å². The van der Waals surface area contributed by atoms with Gasteiger partial charge in [0, 0.05) is 15.4 Å². The Labute approximate surface area is 198 Å². The molecule has 2 aromatic carbocycles. The van der Waals surface area contributed by atoms with Crippen molar-refractivity contribution in [2.45, 2.75) is 13.3 Å². The summed E-state index contributed by atoms with van der Waals surface area (Å²) in [5.74, 6) is -1.41. The van der Waals surface area contributed by atoms with Gasteiger partial charge in [-0.05, 0) is 61.1 Å². The molecule has 6 nitrogen and oxygen atoms in total. The number of carbonyl (C=O) groups is 3. The Kier molecular flexibility index (Phi) is 4.36. The van der Waals surface area contributed by atoms with Gasteiger partial charge in [0.05, 0.1) is 34.3 Å². The predicted octanol–water partition coefficient (Wildman–Crippen LogP) is 4.98. The van der Waals surface area contributed by atoms with Gasteiger partial charge >= 0.3 is 5.97 Å². The van der Waals surface area contributed by atoms with E-state index in [-0.39, 0.29) is 41.0 Å². The summed E-state index contributed by atoms with van der Waals surface area (Å²) < 4.78 is 0.794. The molecule has 164 valence electrons. The number of aromatic nitrogens is 1. The second kappa shape index (κ2) is 7.09. The van der Waals surface area contributed by atoms with Gasteiger partial charge in [-0.15, -0.1) is 0 Å². The van der Waals surface area contributed by atoms with Crippen LogP contribution in [-0.4, -0.2) is 27.9 Å². The van der Waals surface area contributed by atoms with Crippen molar-refractivity contribution < 1.29 is 19.5 Å². The summed E-state index contributed by atoms with van der Waals surface area (Å²) in [4.78, 5) is 44.1. The number of benzene rings is 2. The highest BCUT2D eigenvalue weighted by molar-refractivity contribution is 9.10. The van der Waals surface area contributed by atoms with Crippen LogP contribution in [0.25, 0.3) is 22.2 Å². The molecule has 1 N–H and O–H groups in total. The molecule has 4 unspecified atom stereocenters. The number of pyridine rings is 1. The van der Waals surface area contributed by atoms with E-state index in [1.165, 1.54) is 4.90 Å². The summed E-state index contributed by atoms with van der Waals surface area (Å²) in [6.07, 6.45) is 5.06. The van der Waals surface area contributed by atoms with Crippen molar-refractivity contribution in [3.8, 4) is 11.3 Å². The van der Waals surface area contributed by atoms with Gasteiger partial charge in [0.2, 0.25) is 11.8 Å². The quantitative estimate of drug-likeness (QED) is 0.402. The Hall–Kier alpha value is -3.32. The second-order valence-corrected chi connectivity index (χ2v) is 9.95. The molecule has 4 atom stereocenters. The average molecular weight is 503 g/mol. The largest absolute Gasteiger partial charge is 0.478 e. The fourth-order valence-electron chi connectivity index (χ4n) is 5.72. The highest BCUT2D eigenvalue weighted by Crippen LogP contribution is 2.53. The minimum Gasteiger partial charge on any atom is -0.478 e. The molecule has 3 aromatic rings. The summed E-state index contributed by atoms with van der Waals surface area (Å²) in [5.41, 5.74) is 3.44. The molecule has 1 aliphatic heterocycles. The molecule has 3 aliphatic rings. The first-order chi connectivity index (χ1) is 15.8. The average Bonchev–Trinajstić information content (AvgIpc) is 3.47. The molecule has 0 spiro atoms. The molecule has 1 saturated carbocycles. The van der Waals surface area contributed by atoms with Crippen molar-refractivity contribution in [3.63, 3.8) is 0 Å². The number of amides is 2. The molecule has 1 saturated heterocycles. The van der Waals surface area contributed by atoms with Crippen molar-refractivity contribution in [2.75, 3.05) is 4.90 Å². The molecule has 2 amide bonds. The van der Waals surface area contributed by atoms with Gasteiger partial charge in [0.15, 0.2) is 0 Å². The third kappa shape index (κ3) is 2.92. The number of fused-ring (bicyclic) bond motifs is 6. The van der Waals surface area contributed by atoms with E-state index in [0.29, 0.717) is 27.8 Å². The predicted molar refractivity (Wildman–Crippen MR) is 127 cm³/mol. The molecule has 1 aromatic heterocycles. The van der Waals surface area contributed by atoms with Crippen LogP contribution in [0.15, 0.2) is 59.1 Å². The Morgan fingerprint density at radius 3 is 2.27 bits per heavy atom. The topological polar surface area (TPSA) is 87.6 Å². The van der Waals surface area contributed by atoms with E-state index in [9.17, 15) is 19.5 Å². The van der Waals surface area contributed by atoms with Crippen molar-refractivity contribution in [1.29, 1.82) is 0 Å². The van der Waals surface area contributed by atoms with Crippen LogP contribution in [0.1, 0.15) is 22.3 Å². The van der Waals surface area contributed by atoms with E-state index < -0.39 is 5.97 Å². The van der Waals surface area contributed by atoms with E-state index in [2.05, 4.69) is 28.1 Å². The minimum atomic E-state index is -1.03. The summed E-state index contributed by atoms with van der Waals surface area (Å²) >= 11 is 3.42. The first kappa shape index (κ1) is 20.3. The third-order valence-electron chi connectivity index (χ3n) is 7.19. The number of carboxylic acids is 1. The molecule has 2 aliphatic carbocycles. The number of aromatic carboxylic acids is 1. The zero-order chi connectivity index (χ0) is 23.0. The molecule has 7 heteroatoms. The minimum absolute atomic E-state index is 0.118. The summed E-state index contributed by atoms with van der Waals surface area (Å²) in [7, 11) is 0. The number of nitrogens with zero attached hydrogens (tertiary/aromatic N) is 2. The lowest BCUT2D eigenvalue weighted by atomic mass is 9.85. The maximum atomic E-state index is 13.1. The first-order valence-corrected chi connectivity index (χ1v) is 11.6. The first-order valence-electron chi connectivity index (χ1n) is 10.8. The normalized spacial score (nSPS) is 25.3. The van der Waals surface area contributed by atoms with Crippen LogP contribution in [-0.2, 0) is 9.59 Å². The van der Waals surface area contributed by atoms with Crippen molar-refractivity contribution >= 4 is 50.3 Å². The molecular formula is C26H19BrN2O4. The van der Waals surface area contributed by atoms with Crippen LogP contribution in [0.3, 0.4) is 0 Å². The van der Waals surface area contributed by atoms with E-state index in [1.54, 1.807) is 36.4 Å². The van der Waals surface area contributed by atoms with Gasteiger partial charge in [-0.25, -0.2) is 9.78 Å². The van der Waals surface area contributed by atoms with Crippen molar-refractivity contribution in [1.82, 2.24) is 4.98 Å². The number of carbonyl (C=O) groups excluding carboxylic acids is 2. The fraction of sp³-hybridized carbons (Fsp3) is 0.231. The lowest BCUT2D eigenvalue weighted by molar-refractivity contribution is -0.123. The standard InChI is InChI=1S/C26H19BrN2O4/c1-12-8-16(27)10-18-19(26(32)33)11-20(28-23(12)18)13-4-6-17(7-5-13)29-24(30)21-14-2-3-15(9-14)22(21)25(29)31/h2-8,10-11,14-15,21-22H,9H2,1H3,(H,32,33). The van der Waals surface area contributed by atoms with Crippen LogP contribution >= 0.6 is 15.9 Å². The third-order valence-corrected chi connectivity index (χ3v) is 7.65. The highest BCUT2D eigenvalue weighted by Gasteiger charge is 2.59. The highest BCUT2D eigenvalue weighted by atomic mass is 79.9. The molecule has 2 heterocycles. The van der Waals surface area contributed by atoms with Gasteiger partial charge in [-0.1, -0.05) is 40.2 Å². The lowest BCUT2D eigenvalue weighted by Gasteiger charge is -2.17. The van der Waals surface area contributed by atoms with E-state index in [1.807, 2.05) is 13.0 Å². The molecule has 2 bridgehead atoms. The van der Waals surface area contributed by atoms with Gasteiger partial charge in [-0.2, -0.15) is 0 Å². The monoisotopic (exact) mass is 502 g/mol. The number of hydrogen-bond acceptors (Lipinski definition) is 4. The lowest BCUT2D eigenvalue weighted by Crippen LogP contribution is -2.32. The number of carboxylic acid groups (broad SMARTS) is 1. The van der Waals surface area contributed by atoms with Gasteiger partial charge in [0.25, 0.3) is 0 Å². The molecule has 6 rings (SSSR count). The van der Waals surface area contributed by atoms with Crippen LogP contribution in [0, 0.1) is 30.6 Å². The number of halogens is 1. The van der Waals surface area contributed by atoms with E-state index in [4.69, 9.17) is 4.98 Å². The number of allylic oxidation sites excluding steroid dienone is 2. The number of hydrogen-bond donors (Lipinski definition) is 1. The summed E-state index contributed by atoms with van der Waals surface area (Å²) in [6.45, 7) is 1.89. The van der Waals surface area contributed by atoms with Crippen LogP contribution in [0.4, 0.5) is 5.69 Å². The maximum Gasteiger partial charge on any atom is 0.336 e. The van der Waals surface area contributed by atoms with Crippen molar-refractivity contribution in [2.24, 2.45) is 23.7 Å². The van der Waals surface area contributed by atoms with E-state index in [0.717, 1.165) is 16.5 Å². The fourth-order valence-corrected chi connectivity index (χ4v) is 6.29. The number of aryl methyl sites for hydroxylation is 1. The maximum absolute atomic E-state index is 13.1. The Morgan fingerprint density at radius 1 is 1.03 bits per heavy atom. The Balaban J connectivity index is 1.38. The van der Waals surface area contributed by atoms with Crippen LogP contribution in [0.5, 0.6) is 0 Å². The zero-order valence-corrected chi connectivity index (χ0v) is 19.2. The van der Waals surface area contributed by atoms with Gasteiger partial charge < -0.3 is 5.11 Å². The molecular weight excluding hydrogens is 484 g/mol. The molecule has 33 heavy (non-hydrogen) atoms. The molecule has 2 fully saturated rings. The Bertz CT molecular complexity index is 1380. The molecule has 0 radical (unpaired) electrons.